The van der Waals surface area contributed by atoms with Crippen molar-refractivity contribution in [3.8, 4) is 0 Å². The van der Waals surface area contributed by atoms with E-state index in [9.17, 15) is 9.59 Å². The van der Waals surface area contributed by atoms with Gasteiger partial charge in [-0.3, -0.25) is 13.9 Å². The fourth-order valence-electron chi connectivity index (χ4n) is 3.52. The minimum absolute atomic E-state index is 0.156. The van der Waals surface area contributed by atoms with Gasteiger partial charge in [-0.05, 0) is 18.4 Å². The quantitative estimate of drug-likeness (QED) is 0.727. The summed E-state index contributed by atoms with van der Waals surface area (Å²) in [4.78, 5) is 30.3. The highest BCUT2D eigenvalue weighted by Crippen LogP contribution is 2.16. The molecule has 8 heteroatoms. The minimum atomic E-state index is -0.375. The number of imidazole rings is 1. The van der Waals surface area contributed by atoms with E-state index >= 15 is 0 Å². The normalized spacial score (nSPS) is 16.9. The van der Waals surface area contributed by atoms with E-state index in [-0.39, 0.29) is 23.9 Å². The second-order valence-electron chi connectivity index (χ2n) is 6.90. The smallest absolute Gasteiger partial charge is 0.332 e. The van der Waals surface area contributed by atoms with E-state index in [4.69, 9.17) is 4.74 Å². The van der Waals surface area contributed by atoms with E-state index in [2.05, 4.69) is 10.3 Å². The zero-order valence-corrected chi connectivity index (χ0v) is 15.5. The number of aryl methyl sites for hydroxylation is 2. The van der Waals surface area contributed by atoms with Crippen LogP contribution in [-0.4, -0.2) is 37.9 Å². The molecule has 1 atom stereocenters. The zero-order valence-electron chi connectivity index (χ0n) is 15.5. The van der Waals surface area contributed by atoms with Crippen LogP contribution >= 0.6 is 0 Å². The predicted molar refractivity (Wildman–Crippen MR) is 103 cm³/mol. The van der Waals surface area contributed by atoms with Crippen LogP contribution in [-0.2, 0) is 25.4 Å². The molecule has 1 saturated heterocycles. The first-order valence-corrected chi connectivity index (χ1v) is 9.12. The molecule has 0 radical (unpaired) electrons. The fourth-order valence-corrected chi connectivity index (χ4v) is 3.52. The molecule has 0 unspecified atom stereocenters. The van der Waals surface area contributed by atoms with Crippen LogP contribution in [0.25, 0.3) is 11.2 Å². The van der Waals surface area contributed by atoms with Gasteiger partial charge in [0.15, 0.2) is 11.2 Å². The molecule has 4 rings (SSSR count). The van der Waals surface area contributed by atoms with Gasteiger partial charge in [0.1, 0.15) is 0 Å². The van der Waals surface area contributed by atoms with Crippen LogP contribution in [0.5, 0.6) is 0 Å². The molecule has 3 heterocycles. The minimum Gasteiger partial charge on any atom is -0.376 e. The summed E-state index contributed by atoms with van der Waals surface area (Å²) < 4.78 is 10.0. The Hall–Kier alpha value is -2.87. The third-order valence-electron chi connectivity index (χ3n) is 5.06. The third-order valence-corrected chi connectivity index (χ3v) is 5.06. The molecule has 1 fully saturated rings. The lowest BCUT2D eigenvalue weighted by Crippen LogP contribution is -2.39. The van der Waals surface area contributed by atoms with Crippen LogP contribution in [0.4, 0.5) is 5.95 Å². The summed E-state index contributed by atoms with van der Waals surface area (Å²) in [6.45, 7) is 1.64. The van der Waals surface area contributed by atoms with Crippen LogP contribution in [0.1, 0.15) is 18.4 Å². The van der Waals surface area contributed by atoms with E-state index in [0.717, 1.165) is 25.0 Å². The Balaban J connectivity index is 1.74. The van der Waals surface area contributed by atoms with Crippen LogP contribution < -0.4 is 16.6 Å². The maximum atomic E-state index is 13.0. The van der Waals surface area contributed by atoms with Gasteiger partial charge in [-0.2, -0.15) is 4.98 Å². The van der Waals surface area contributed by atoms with Crippen molar-refractivity contribution in [2.75, 3.05) is 18.5 Å². The van der Waals surface area contributed by atoms with Gasteiger partial charge in [0.2, 0.25) is 5.95 Å². The van der Waals surface area contributed by atoms with E-state index < -0.39 is 0 Å². The maximum absolute atomic E-state index is 13.0. The van der Waals surface area contributed by atoms with Gasteiger partial charge >= 0.3 is 5.69 Å². The van der Waals surface area contributed by atoms with Crippen LogP contribution in [0.15, 0.2) is 39.9 Å². The molecule has 1 aromatic carbocycles. The van der Waals surface area contributed by atoms with Crippen LogP contribution in [0, 0.1) is 0 Å². The van der Waals surface area contributed by atoms with Gasteiger partial charge in [-0.15, -0.1) is 0 Å². The monoisotopic (exact) mass is 369 g/mol. The van der Waals surface area contributed by atoms with Crippen molar-refractivity contribution >= 4 is 17.1 Å². The molecule has 0 spiro atoms. The van der Waals surface area contributed by atoms with Crippen molar-refractivity contribution in [2.24, 2.45) is 14.1 Å². The molecule has 8 nitrogen and oxygen atoms in total. The molecule has 0 aliphatic carbocycles. The summed E-state index contributed by atoms with van der Waals surface area (Å²) in [6.07, 6.45) is 2.23. The first kappa shape index (κ1) is 17.5. The highest BCUT2D eigenvalue weighted by atomic mass is 16.5. The van der Waals surface area contributed by atoms with E-state index in [0.29, 0.717) is 23.7 Å². The molecular formula is C19H23N5O3. The van der Waals surface area contributed by atoms with Crippen molar-refractivity contribution < 1.29 is 4.74 Å². The Morgan fingerprint density at radius 2 is 1.96 bits per heavy atom. The fraction of sp³-hybridized carbons (Fsp3) is 0.421. The topological polar surface area (TPSA) is 83.1 Å². The SMILES string of the molecule is Cn1c(NC[C@H]2CCCO2)nc2c1c(=O)n(Cc1ccccc1)c(=O)n2C. The van der Waals surface area contributed by atoms with Gasteiger partial charge in [0.25, 0.3) is 5.56 Å². The van der Waals surface area contributed by atoms with Crippen molar-refractivity contribution in [1.29, 1.82) is 0 Å². The summed E-state index contributed by atoms with van der Waals surface area (Å²) in [5.74, 6) is 0.560. The molecule has 0 saturated carbocycles. The Morgan fingerprint density at radius 1 is 1.19 bits per heavy atom. The number of anilines is 1. The van der Waals surface area contributed by atoms with E-state index in [1.165, 1.54) is 9.13 Å². The van der Waals surface area contributed by atoms with Gasteiger partial charge in [0, 0.05) is 27.2 Å². The summed E-state index contributed by atoms with van der Waals surface area (Å²) in [6, 6.07) is 9.48. The number of ether oxygens (including phenoxy) is 1. The number of hydrogen-bond donors (Lipinski definition) is 1. The average Bonchev–Trinajstić information content (AvgIpc) is 3.31. The molecule has 0 amide bonds. The zero-order chi connectivity index (χ0) is 19.0. The second-order valence-corrected chi connectivity index (χ2v) is 6.90. The number of nitrogens with zero attached hydrogens (tertiary/aromatic N) is 4. The number of rotatable bonds is 5. The summed E-state index contributed by atoms with van der Waals surface area (Å²) in [5.41, 5.74) is 0.974. The summed E-state index contributed by atoms with van der Waals surface area (Å²) >= 11 is 0. The van der Waals surface area contributed by atoms with Gasteiger partial charge in [0.05, 0.1) is 12.6 Å². The lowest BCUT2D eigenvalue weighted by Gasteiger charge is -2.11. The molecule has 142 valence electrons. The second kappa shape index (κ2) is 7.03. The standard InChI is InChI=1S/C19H23N5O3/c1-22-15-16(21-18(22)20-11-14-9-6-10-27-14)23(2)19(26)24(17(15)25)12-13-7-4-3-5-8-13/h3-5,7-8,14H,6,9-12H2,1-2H3,(H,20,21)/t14-/m1/s1. The lowest BCUT2D eigenvalue weighted by atomic mass is 10.2. The van der Waals surface area contributed by atoms with E-state index in [1.54, 1.807) is 18.7 Å². The molecule has 1 aliphatic rings. The average molecular weight is 369 g/mol. The van der Waals surface area contributed by atoms with Crippen molar-refractivity contribution in [3.63, 3.8) is 0 Å². The first-order chi connectivity index (χ1) is 13.1. The molecule has 27 heavy (non-hydrogen) atoms. The molecule has 0 bridgehead atoms. The van der Waals surface area contributed by atoms with Crippen LogP contribution in [0.3, 0.4) is 0 Å². The largest absolute Gasteiger partial charge is 0.376 e. The lowest BCUT2D eigenvalue weighted by molar-refractivity contribution is 0.120. The highest BCUT2D eigenvalue weighted by Gasteiger charge is 2.20. The maximum Gasteiger partial charge on any atom is 0.332 e. The number of nitrogens with one attached hydrogen (secondary N) is 1. The molecule has 1 aliphatic heterocycles. The number of hydrogen-bond acceptors (Lipinski definition) is 5. The summed E-state index contributed by atoms with van der Waals surface area (Å²) in [5, 5.41) is 3.25. The first-order valence-electron chi connectivity index (χ1n) is 9.12. The Kier molecular flexibility index (Phi) is 4.57. The van der Waals surface area contributed by atoms with Crippen molar-refractivity contribution in [2.45, 2.75) is 25.5 Å². The number of fused-ring (bicyclic) bond motifs is 1. The van der Waals surface area contributed by atoms with E-state index in [1.807, 2.05) is 30.3 Å². The highest BCUT2D eigenvalue weighted by molar-refractivity contribution is 5.74. The Labute approximate surface area is 156 Å². The summed E-state index contributed by atoms with van der Waals surface area (Å²) in [7, 11) is 3.42. The third kappa shape index (κ3) is 3.16. The van der Waals surface area contributed by atoms with Crippen LogP contribution in [0.2, 0.25) is 0 Å². The Morgan fingerprint density at radius 3 is 2.67 bits per heavy atom. The Bertz CT molecular complexity index is 1070. The predicted octanol–water partition coefficient (Wildman–Crippen LogP) is 1.07. The number of aromatic nitrogens is 4. The van der Waals surface area contributed by atoms with Crippen molar-refractivity contribution in [1.82, 2.24) is 18.7 Å². The van der Waals surface area contributed by atoms with Crippen molar-refractivity contribution in [3.05, 3.63) is 56.7 Å². The molecule has 1 N–H and O–H groups in total. The van der Waals surface area contributed by atoms with Gasteiger partial charge in [-0.25, -0.2) is 4.79 Å². The van der Waals surface area contributed by atoms with Gasteiger partial charge < -0.3 is 14.6 Å². The number of benzene rings is 1. The molecule has 3 aromatic rings. The van der Waals surface area contributed by atoms with Gasteiger partial charge in [-0.1, -0.05) is 30.3 Å². The molecular weight excluding hydrogens is 346 g/mol. The molecule has 2 aromatic heterocycles.